The highest BCUT2D eigenvalue weighted by molar-refractivity contribution is 5.63. The predicted molar refractivity (Wildman–Crippen MR) is 102 cm³/mol. The lowest BCUT2D eigenvalue weighted by Gasteiger charge is -2.17. The molecule has 0 atom stereocenters. The lowest BCUT2D eigenvalue weighted by molar-refractivity contribution is -0.385. The van der Waals surface area contributed by atoms with Crippen molar-refractivity contribution in [2.75, 3.05) is 5.32 Å². The molecule has 0 aliphatic heterocycles. The highest BCUT2D eigenvalue weighted by atomic mass is 16.6. The maximum Gasteiger partial charge on any atom is 0.373 e. The molecule has 26 heavy (non-hydrogen) atoms. The van der Waals surface area contributed by atoms with Crippen LogP contribution >= 0.6 is 0 Å². The fourth-order valence-electron chi connectivity index (χ4n) is 2.99. The zero-order valence-electron chi connectivity index (χ0n) is 16.2. The van der Waals surface area contributed by atoms with Crippen LogP contribution in [0.5, 0.6) is 11.6 Å². The number of benzene rings is 1. The van der Waals surface area contributed by atoms with E-state index in [-0.39, 0.29) is 23.4 Å². The molecule has 0 bridgehead atoms. The number of hydrogen-bond acceptors (Lipinski definition) is 6. The van der Waals surface area contributed by atoms with E-state index in [1.807, 2.05) is 46.8 Å². The molecule has 1 aromatic heterocycles. The maximum atomic E-state index is 11.7. The number of ether oxygens (including phenoxy) is 1. The maximum absolute atomic E-state index is 11.7. The lowest BCUT2D eigenvalue weighted by Crippen LogP contribution is -2.19. The Morgan fingerprint density at radius 3 is 2.19 bits per heavy atom. The first-order chi connectivity index (χ1) is 12.3. The van der Waals surface area contributed by atoms with E-state index in [4.69, 9.17) is 4.74 Å². The minimum atomic E-state index is -0.488. The average Bonchev–Trinajstić information content (AvgIpc) is 2.55. The predicted octanol–water partition coefficient (Wildman–Crippen LogP) is 5.01. The number of anilines is 1. The minimum Gasteiger partial charge on any atom is -0.433 e. The van der Waals surface area contributed by atoms with Crippen molar-refractivity contribution in [2.24, 2.45) is 0 Å². The molecule has 0 saturated heterocycles. The third kappa shape index (κ3) is 4.28. The highest BCUT2D eigenvalue weighted by Gasteiger charge is 2.28. The number of aromatic nitrogens is 2. The second kappa shape index (κ2) is 8.12. The second-order valence-corrected chi connectivity index (χ2v) is 6.52. The SMILES string of the molecule is CCC(CC)Nc1nc(C)nc(Oc2c(C)cc(C)cc2C)c1[N+](=O)[O-]. The highest BCUT2D eigenvalue weighted by Crippen LogP contribution is 2.37. The minimum absolute atomic E-state index is 0.0361. The van der Waals surface area contributed by atoms with Gasteiger partial charge in [-0.05, 0) is 51.7 Å². The Morgan fingerprint density at radius 2 is 1.69 bits per heavy atom. The Balaban J connectivity index is 2.55. The Hall–Kier alpha value is -2.70. The van der Waals surface area contributed by atoms with Crippen LogP contribution in [0.2, 0.25) is 0 Å². The van der Waals surface area contributed by atoms with E-state index < -0.39 is 4.92 Å². The summed E-state index contributed by atoms with van der Waals surface area (Å²) >= 11 is 0. The van der Waals surface area contributed by atoms with Crippen molar-refractivity contribution in [3.8, 4) is 11.6 Å². The van der Waals surface area contributed by atoms with Gasteiger partial charge in [-0.25, -0.2) is 4.98 Å². The van der Waals surface area contributed by atoms with E-state index in [0.29, 0.717) is 11.6 Å². The van der Waals surface area contributed by atoms with Crippen LogP contribution in [0.25, 0.3) is 0 Å². The van der Waals surface area contributed by atoms with Crippen molar-refractivity contribution < 1.29 is 9.66 Å². The quantitative estimate of drug-likeness (QED) is 0.552. The van der Waals surface area contributed by atoms with Gasteiger partial charge in [0.05, 0.1) is 4.92 Å². The number of aryl methyl sites for hydroxylation is 4. The summed E-state index contributed by atoms with van der Waals surface area (Å²) in [7, 11) is 0. The molecule has 2 aromatic rings. The molecule has 0 spiro atoms. The van der Waals surface area contributed by atoms with Crippen LogP contribution in [0.15, 0.2) is 12.1 Å². The monoisotopic (exact) mass is 358 g/mol. The number of nitrogens with one attached hydrogen (secondary N) is 1. The van der Waals surface area contributed by atoms with Crippen LogP contribution in [0.3, 0.4) is 0 Å². The largest absolute Gasteiger partial charge is 0.433 e. The van der Waals surface area contributed by atoms with E-state index in [2.05, 4.69) is 15.3 Å². The summed E-state index contributed by atoms with van der Waals surface area (Å²) in [5.74, 6) is 1.17. The van der Waals surface area contributed by atoms with Crippen LogP contribution < -0.4 is 10.1 Å². The van der Waals surface area contributed by atoms with Crippen molar-refractivity contribution in [2.45, 2.75) is 60.4 Å². The molecule has 0 fully saturated rings. The van der Waals surface area contributed by atoms with Crippen LogP contribution in [-0.2, 0) is 0 Å². The van der Waals surface area contributed by atoms with Gasteiger partial charge in [0.15, 0.2) is 0 Å². The smallest absolute Gasteiger partial charge is 0.373 e. The van der Waals surface area contributed by atoms with Crippen molar-refractivity contribution >= 4 is 11.5 Å². The van der Waals surface area contributed by atoms with Gasteiger partial charge < -0.3 is 10.1 Å². The van der Waals surface area contributed by atoms with Crippen molar-refractivity contribution in [1.82, 2.24) is 9.97 Å². The molecule has 1 aromatic carbocycles. The zero-order chi connectivity index (χ0) is 19.4. The van der Waals surface area contributed by atoms with Gasteiger partial charge in [-0.15, -0.1) is 0 Å². The van der Waals surface area contributed by atoms with E-state index in [9.17, 15) is 10.1 Å². The van der Waals surface area contributed by atoms with E-state index in [1.165, 1.54) is 0 Å². The summed E-state index contributed by atoms with van der Waals surface area (Å²) in [5.41, 5.74) is 2.68. The molecule has 1 N–H and O–H groups in total. The summed E-state index contributed by atoms with van der Waals surface area (Å²) in [6, 6.07) is 4.05. The van der Waals surface area contributed by atoms with E-state index >= 15 is 0 Å². The Labute approximate surface area is 154 Å². The molecular weight excluding hydrogens is 332 g/mol. The fourth-order valence-corrected chi connectivity index (χ4v) is 2.99. The molecule has 0 unspecified atom stereocenters. The molecule has 0 aliphatic carbocycles. The van der Waals surface area contributed by atoms with Crippen molar-refractivity contribution in [3.05, 3.63) is 44.8 Å². The van der Waals surface area contributed by atoms with Gasteiger partial charge in [0, 0.05) is 6.04 Å². The van der Waals surface area contributed by atoms with Gasteiger partial charge in [-0.3, -0.25) is 10.1 Å². The normalized spacial score (nSPS) is 10.9. The van der Waals surface area contributed by atoms with E-state index in [1.54, 1.807) is 6.92 Å². The van der Waals surface area contributed by atoms with Gasteiger partial charge >= 0.3 is 11.6 Å². The van der Waals surface area contributed by atoms with Gasteiger partial charge in [0.2, 0.25) is 5.82 Å². The molecule has 0 amide bonds. The molecule has 0 aliphatic rings. The lowest BCUT2D eigenvalue weighted by atomic mass is 10.1. The molecule has 7 nitrogen and oxygen atoms in total. The Morgan fingerprint density at radius 1 is 1.12 bits per heavy atom. The summed E-state index contributed by atoms with van der Waals surface area (Å²) in [6.07, 6.45) is 1.67. The molecule has 0 radical (unpaired) electrons. The van der Waals surface area contributed by atoms with Crippen molar-refractivity contribution in [1.29, 1.82) is 0 Å². The van der Waals surface area contributed by atoms with E-state index in [0.717, 1.165) is 29.5 Å². The molecule has 2 rings (SSSR count). The van der Waals surface area contributed by atoms with Gasteiger partial charge in [0.25, 0.3) is 0 Å². The third-order valence-electron chi connectivity index (χ3n) is 4.28. The van der Waals surface area contributed by atoms with Crippen molar-refractivity contribution in [3.63, 3.8) is 0 Å². The first kappa shape index (κ1) is 19.6. The summed E-state index contributed by atoms with van der Waals surface area (Å²) < 4.78 is 5.92. The number of nitro groups is 1. The number of rotatable bonds is 7. The summed E-state index contributed by atoms with van der Waals surface area (Å²) in [6.45, 7) is 11.6. The zero-order valence-corrected chi connectivity index (χ0v) is 16.2. The molecular formula is C19H26N4O3. The molecule has 0 saturated carbocycles. The van der Waals surface area contributed by atoms with Crippen LogP contribution in [-0.4, -0.2) is 20.9 Å². The first-order valence-electron chi connectivity index (χ1n) is 8.82. The fraction of sp³-hybridized carbons (Fsp3) is 0.474. The number of hydrogen-bond donors (Lipinski definition) is 1. The van der Waals surface area contributed by atoms with Gasteiger partial charge in [-0.2, -0.15) is 4.98 Å². The van der Waals surface area contributed by atoms with Gasteiger partial charge in [0.1, 0.15) is 11.6 Å². The molecule has 140 valence electrons. The standard InChI is InChI=1S/C19H26N4O3/c1-7-15(8-2)22-18-16(23(24)25)19(21-14(6)20-18)26-17-12(4)9-11(3)10-13(17)5/h9-10,15H,7-8H2,1-6H3,(H,20,21,22). The second-order valence-electron chi connectivity index (χ2n) is 6.52. The Bertz CT molecular complexity index is 794. The summed E-state index contributed by atoms with van der Waals surface area (Å²) in [4.78, 5) is 19.7. The topological polar surface area (TPSA) is 90.2 Å². The van der Waals surface area contributed by atoms with Crippen LogP contribution in [0, 0.1) is 37.8 Å². The molecule has 1 heterocycles. The molecule has 7 heteroatoms. The summed E-state index contributed by atoms with van der Waals surface area (Å²) in [5, 5.41) is 14.9. The third-order valence-corrected chi connectivity index (χ3v) is 4.28. The Kier molecular flexibility index (Phi) is 6.13. The average molecular weight is 358 g/mol. The van der Waals surface area contributed by atoms with Crippen LogP contribution in [0.4, 0.5) is 11.5 Å². The van der Waals surface area contributed by atoms with Crippen LogP contribution in [0.1, 0.15) is 49.2 Å². The van der Waals surface area contributed by atoms with Gasteiger partial charge in [-0.1, -0.05) is 31.5 Å². The first-order valence-corrected chi connectivity index (χ1v) is 8.82. The number of nitrogens with zero attached hydrogens (tertiary/aromatic N) is 3.